The van der Waals surface area contributed by atoms with Crippen LogP contribution in [0, 0.1) is 17.8 Å². The molecule has 0 spiro atoms. The van der Waals surface area contributed by atoms with Gasteiger partial charge in [0, 0.05) is 23.2 Å². The number of rotatable bonds is 7. The van der Waals surface area contributed by atoms with Gasteiger partial charge in [0.25, 0.3) is 0 Å². The molecule has 2 saturated carbocycles. The molecule has 1 aromatic heterocycles. The average molecular weight is 433 g/mol. The molecular weight excluding hydrogens is 404 g/mol. The van der Waals surface area contributed by atoms with Crippen molar-refractivity contribution in [2.24, 2.45) is 17.8 Å². The molecule has 1 heterocycles. The third kappa shape index (κ3) is 4.33. The summed E-state index contributed by atoms with van der Waals surface area (Å²) < 4.78 is 2.04. The van der Waals surface area contributed by atoms with E-state index in [1.165, 1.54) is 37.4 Å². The highest BCUT2D eigenvalue weighted by Gasteiger charge is 2.42. The van der Waals surface area contributed by atoms with Crippen molar-refractivity contribution in [1.29, 1.82) is 0 Å². The molecule has 1 N–H and O–H groups in total. The van der Waals surface area contributed by atoms with Gasteiger partial charge in [0.15, 0.2) is 11.0 Å². The molecule has 5 atom stereocenters. The number of aromatic nitrogens is 3. The van der Waals surface area contributed by atoms with Crippen molar-refractivity contribution in [3.05, 3.63) is 29.3 Å². The fourth-order valence-electron chi connectivity index (χ4n) is 5.07. The van der Waals surface area contributed by atoms with E-state index < -0.39 is 0 Å². The summed E-state index contributed by atoms with van der Waals surface area (Å²) in [5, 5.41) is 13.2. The number of halogens is 1. The number of carbonyl (C=O) groups excluding carboxylic acids is 1. The Balaban J connectivity index is 1.41. The lowest BCUT2D eigenvalue weighted by Crippen LogP contribution is -2.43. The van der Waals surface area contributed by atoms with E-state index in [9.17, 15) is 4.79 Å². The van der Waals surface area contributed by atoms with Crippen LogP contribution in [0.1, 0.15) is 46.5 Å². The number of fused-ring (bicyclic) bond motifs is 2. The zero-order chi connectivity index (χ0) is 20.5. The molecule has 156 valence electrons. The highest BCUT2D eigenvalue weighted by Crippen LogP contribution is 2.49. The average Bonchev–Trinajstić information content (AvgIpc) is 3.43. The topological polar surface area (TPSA) is 59.8 Å². The van der Waals surface area contributed by atoms with Gasteiger partial charge in [-0.25, -0.2) is 0 Å². The Morgan fingerprint density at radius 3 is 2.79 bits per heavy atom. The zero-order valence-corrected chi connectivity index (χ0v) is 18.8. The van der Waals surface area contributed by atoms with Gasteiger partial charge >= 0.3 is 0 Å². The number of benzene rings is 1. The number of thioether (sulfide) groups is 1. The molecule has 7 heteroatoms. The highest BCUT2D eigenvalue weighted by atomic mass is 35.5. The summed E-state index contributed by atoms with van der Waals surface area (Å²) in [6.45, 7) is 6.91. The maximum absolute atomic E-state index is 12.8. The molecule has 1 aromatic carbocycles. The van der Waals surface area contributed by atoms with E-state index in [0.717, 1.165) is 34.9 Å². The molecule has 1 amide bonds. The largest absolute Gasteiger partial charge is 0.352 e. The number of carbonyl (C=O) groups is 1. The number of hydrogen-bond acceptors (Lipinski definition) is 4. The van der Waals surface area contributed by atoms with E-state index >= 15 is 0 Å². The van der Waals surface area contributed by atoms with Gasteiger partial charge in [0.1, 0.15) is 0 Å². The summed E-state index contributed by atoms with van der Waals surface area (Å²) in [6.07, 6.45) is 5.36. The second kappa shape index (κ2) is 8.68. The molecule has 2 aliphatic rings. The summed E-state index contributed by atoms with van der Waals surface area (Å²) in [6, 6.07) is 7.86. The van der Waals surface area contributed by atoms with Gasteiger partial charge in [-0.3, -0.25) is 4.79 Å². The first kappa shape index (κ1) is 20.7. The number of nitrogens with one attached hydrogen (secondary N) is 1. The lowest BCUT2D eigenvalue weighted by atomic mass is 9.84. The van der Waals surface area contributed by atoms with Gasteiger partial charge in [-0.1, -0.05) is 41.9 Å². The third-order valence-corrected chi connectivity index (χ3v) is 7.89. The van der Waals surface area contributed by atoms with Gasteiger partial charge in [0.2, 0.25) is 5.91 Å². The molecule has 2 bridgehead atoms. The molecule has 2 aromatic rings. The van der Waals surface area contributed by atoms with Gasteiger partial charge in [-0.15, -0.1) is 10.2 Å². The van der Waals surface area contributed by atoms with Crippen molar-refractivity contribution in [3.63, 3.8) is 0 Å². The minimum Gasteiger partial charge on any atom is -0.352 e. The Morgan fingerprint density at radius 1 is 1.31 bits per heavy atom. The minimum absolute atomic E-state index is 0.0835. The van der Waals surface area contributed by atoms with Crippen LogP contribution in [-0.2, 0) is 11.3 Å². The van der Waals surface area contributed by atoms with E-state index in [0.29, 0.717) is 10.9 Å². The standard InChI is InChI=1S/C22H29ClN4OS/c1-4-27-20(17-6-5-7-18(23)12-17)25-26-22(27)29-14(3)21(28)24-13(2)19-11-15-8-9-16(19)10-15/h5-7,12-16,19H,4,8-11H2,1-3H3,(H,24,28). The van der Waals surface area contributed by atoms with Crippen molar-refractivity contribution in [2.75, 3.05) is 0 Å². The van der Waals surface area contributed by atoms with E-state index in [1.54, 1.807) is 0 Å². The Morgan fingerprint density at radius 2 is 2.14 bits per heavy atom. The van der Waals surface area contributed by atoms with E-state index in [2.05, 4.69) is 29.4 Å². The molecule has 2 fully saturated rings. The zero-order valence-electron chi connectivity index (χ0n) is 17.3. The Hall–Kier alpha value is -1.53. The van der Waals surface area contributed by atoms with Gasteiger partial charge < -0.3 is 9.88 Å². The molecular formula is C22H29ClN4OS. The van der Waals surface area contributed by atoms with Crippen LogP contribution in [0.4, 0.5) is 0 Å². The van der Waals surface area contributed by atoms with Crippen LogP contribution in [0.2, 0.25) is 5.02 Å². The lowest BCUT2D eigenvalue weighted by Gasteiger charge is -2.29. The van der Waals surface area contributed by atoms with Crippen LogP contribution in [0.5, 0.6) is 0 Å². The van der Waals surface area contributed by atoms with Crippen molar-refractivity contribution >= 4 is 29.3 Å². The van der Waals surface area contributed by atoms with Crippen molar-refractivity contribution < 1.29 is 4.79 Å². The van der Waals surface area contributed by atoms with E-state index in [4.69, 9.17) is 11.6 Å². The second-order valence-electron chi connectivity index (χ2n) is 8.46. The maximum Gasteiger partial charge on any atom is 0.233 e. The van der Waals surface area contributed by atoms with Crippen LogP contribution < -0.4 is 5.32 Å². The smallest absolute Gasteiger partial charge is 0.233 e. The molecule has 4 rings (SSSR count). The first-order chi connectivity index (χ1) is 14.0. The fraction of sp³-hybridized carbons (Fsp3) is 0.591. The van der Waals surface area contributed by atoms with Crippen molar-refractivity contribution in [3.8, 4) is 11.4 Å². The number of hydrogen-bond donors (Lipinski definition) is 1. The first-order valence-electron chi connectivity index (χ1n) is 10.6. The summed E-state index contributed by atoms with van der Waals surface area (Å²) in [4.78, 5) is 12.8. The van der Waals surface area contributed by atoms with Crippen molar-refractivity contribution in [1.82, 2.24) is 20.1 Å². The first-order valence-corrected chi connectivity index (χ1v) is 11.9. The fourth-order valence-corrected chi connectivity index (χ4v) is 6.18. The third-order valence-electron chi connectivity index (χ3n) is 6.57. The molecule has 29 heavy (non-hydrogen) atoms. The van der Waals surface area contributed by atoms with Crippen LogP contribution >= 0.6 is 23.4 Å². The van der Waals surface area contributed by atoms with Crippen LogP contribution in [0.3, 0.4) is 0 Å². The summed E-state index contributed by atoms with van der Waals surface area (Å²) in [7, 11) is 0. The van der Waals surface area contributed by atoms with Gasteiger partial charge in [-0.2, -0.15) is 0 Å². The predicted octanol–water partition coefficient (Wildman–Crippen LogP) is 5.04. The van der Waals surface area contributed by atoms with Crippen LogP contribution in [0.25, 0.3) is 11.4 Å². The molecule has 0 saturated heterocycles. The Kier molecular flexibility index (Phi) is 6.21. The second-order valence-corrected chi connectivity index (χ2v) is 10.2. The minimum atomic E-state index is -0.224. The lowest BCUT2D eigenvalue weighted by molar-refractivity contribution is -0.121. The molecule has 0 aliphatic heterocycles. The van der Waals surface area contributed by atoms with Gasteiger partial charge in [0.05, 0.1) is 5.25 Å². The van der Waals surface area contributed by atoms with Crippen LogP contribution in [0.15, 0.2) is 29.4 Å². The Labute approximate surface area is 182 Å². The van der Waals surface area contributed by atoms with E-state index in [1.807, 2.05) is 35.8 Å². The highest BCUT2D eigenvalue weighted by molar-refractivity contribution is 8.00. The van der Waals surface area contributed by atoms with Gasteiger partial charge in [-0.05, 0) is 69.9 Å². The molecule has 0 radical (unpaired) electrons. The monoisotopic (exact) mass is 432 g/mol. The molecule has 5 unspecified atom stereocenters. The van der Waals surface area contributed by atoms with Crippen LogP contribution in [-0.4, -0.2) is 32.0 Å². The summed E-state index contributed by atoms with van der Waals surface area (Å²) in [5.74, 6) is 3.20. The van der Waals surface area contributed by atoms with E-state index in [-0.39, 0.29) is 17.2 Å². The SMILES string of the molecule is CCn1c(SC(C)C(=O)NC(C)C2CC3CCC2C3)nnc1-c1cccc(Cl)c1. The normalized spacial score (nSPS) is 25.2. The number of nitrogens with zero attached hydrogens (tertiary/aromatic N) is 3. The summed E-state index contributed by atoms with van der Waals surface area (Å²) >= 11 is 7.60. The molecule has 5 nitrogen and oxygen atoms in total. The molecule has 2 aliphatic carbocycles. The predicted molar refractivity (Wildman–Crippen MR) is 118 cm³/mol. The Bertz CT molecular complexity index is 885. The number of amides is 1. The van der Waals surface area contributed by atoms with Crippen molar-refractivity contribution in [2.45, 2.75) is 69.4 Å². The summed E-state index contributed by atoms with van der Waals surface area (Å²) in [5.41, 5.74) is 0.931. The quantitative estimate of drug-likeness (QED) is 0.622. The maximum atomic E-state index is 12.8.